The van der Waals surface area contributed by atoms with Crippen molar-refractivity contribution in [3.8, 4) is 40.6 Å². The Labute approximate surface area is 224 Å². The largest absolute Gasteiger partial charge is 0.424 e. The van der Waals surface area contributed by atoms with E-state index in [1.54, 1.807) is 0 Å². The highest BCUT2D eigenvalue weighted by Crippen LogP contribution is 2.33. The summed E-state index contributed by atoms with van der Waals surface area (Å²) >= 11 is 0. The smallest absolute Gasteiger partial charge is 0.328 e. The first-order valence-corrected chi connectivity index (χ1v) is 12.6. The van der Waals surface area contributed by atoms with Crippen molar-refractivity contribution in [1.29, 1.82) is 0 Å². The Morgan fingerprint density at radius 3 is 1.41 bits per heavy atom. The number of rotatable bonds is 6. The third-order valence-electron chi connectivity index (χ3n) is 6.46. The minimum absolute atomic E-state index is 0.156. The van der Waals surface area contributed by atoms with Gasteiger partial charge in [0, 0.05) is 22.0 Å². The van der Waals surface area contributed by atoms with Crippen molar-refractivity contribution in [2.45, 2.75) is 0 Å². The van der Waals surface area contributed by atoms with Crippen LogP contribution >= 0.6 is 0 Å². The number of aromatic nitrogens is 4. The Morgan fingerprint density at radius 2 is 0.897 bits per heavy atom. The van der Waals surface area contributed by atoms with Gasteiger partial charge in [-0.25, -0.2) is 0 Å². The van der Waals surface area contributed by atoms with Crippen molar-refractivity contribution in [1.82, 2.24) is 19.5 Å². The molecule has 0 aliphatic heterocycles. The molecule has 0 unspecified atom stereocenters. The number of para-hydroxylation sites is 4. The maximum Gasteiger partial charge on any atom is 0.328 e. The van der Waals surface area contributed by atoms with Crippen LogP contribution in [-0.2, 0) is 0 Å². The second-order valence-electron chi connectivity index (χ2n) is 8.97. The third kappa shape index (κ3) is 4.45. The lowest BCUT2D eigenvalue weighted by molar-refractivity contribution is 0.398. The molecule has 0 bridgehead atoms. The molecule has 2 heterocycles. The number of hydrogen-bond donors (Lipinski definition) is 0. The average molecular weight is 507 g/mol. The SMILES string of the molecule is c1ccc(Oc2nc(Oc3ccccc3)nc(-c3ccc(-n4c5ccccc5c5ccccc54)cc3)n2)cc1. The lowest BCUT2D eigenvalue weighted by Gasteiger charge is -2.11. The number of nitrogens with zero attached hydrogens (tertiary/aromatic N) is 4. The lowest BCUT2D eigenvalue weighted by atomic mass is 10.2. The predicted molar refractivity (Wildman–Crippen MR) is 153 cm³/mol. The zero-order chi connectivity index (χ0) is 26.0. The van der Waals surface area contributed by atoms with E-state index in [-0.39, 0.29) is 12.0 Å². The fourth-order valence-corrected chi connectivity index (χ4v) is 4.71. The van der Waals surface area contributed by atoms with E-state index in [1.807, 2.05) is 72.8 Å². The zero-order valence-corrected chi connectivity index (χ0v) is 20.8. The molecule has 39 heavy (non-hydrogen) atoms. The topological polar surface area (TPSA) is 62.1 Å². The molecule has 0 radical (unpaired) electrons. The van der Waals surface area contributed by atoms with Gasteiger partial charge in [-0.15, -0.1) is 4.98 Å². The second kappa shape index (κ2) is 9.76. The maximum absolute atomic E-state index is 5.95. The normalized spacial score (nSPS) is 11.1. The minimum atomic E-state index is 0.156. The quantitative estimate of drug-likeness (QED) is 0.227. The summed E-state index contributed by atoms with van der Waals surface area (Å²) in [4.78, 5) is 13.6. The van der Waals surface area contributed by atoms with Crippen LogP contribution in [0.5, 0.6) is 23.5 Å². The first kappa shape index (κ1) is 22.7. The summed E-state index contributed by atoms with van der Waals surface area (Å²) in [5, 5.41) is 2.44. The van der Waals surface area contributed by atoms with E-state index >= 15 is 0 Å². The van der Waals surface area contributed by atoms with Gasteiger partial charge in [-0.2, -0.15) is 9.97 Å². The lowest BCUT2D eigenvalue weighted by Crippen LogP contribution is -2.01. The Hall–Kier alpha value is -5.49. The van der Waals surface area contributed by atoms with Crippen LogP contribution in [0.1, 0.15) is 0 Å². The molecular weight excluding hydrogens is 484 g/mol. The van der Waals surface area contributed by atoms with E-state index in [2.05, 4.69) is 80.2 Å². The van der Waals surface area contributed by atoms with Gasteiger partial charge in [0.05, 0.1) is 11.0 Å². The molecule has 0 spiro atoms. The maximum atomic E-state index is 5.95. The highest BCUT2D eigenvalue weighted by molar-refractivity contribution is 6.09. The van der Waals surface area contributed by atoms with E-state index in [0.717, 1.165) is 22.3 Å². The molecular formula is C33H22N4O2. The van der Waals surface area contributed by atoms with Crippen molar-refractivity contribution in [3.05, 3.63) is 133 Å². The molecule has 2 aromatic heterocycles. The zero-order valence-electron chi connectivity index (χ0n) is 20.8. The van der Waals surface area contributed by atoms with Crippen LogP contribution in [0.4, 0.5) is 0 Å². The predicted octanol–water partition coefficient (Wildman–Crippen LogP) is 8.22. The standard InChI is InChI=1S/C33H22N4O2/c1-3-11-25(12-4-1)38-32-34-31(35-33(36-32)39-26-13-5-2-6-14-26)23-19-21-24(22-20-23)37-29-17-9-7-15-27(29)28-16-8-10-18-30(28)37/h1-22H. The van der Waals surface area contributed by atoms with Crippen molar-refractivity contribution < 1.29 is 9.47 Å². The number of hydrogen-bond acceptors (Lipinski definition) is 5. The van der Waals surface area contributed by atoms with Gasteiger partial charge in [0.2, 0.25) is 0 Å². The van der Waals surface area contributed by atoms with Gasteiger partial charge < -0.3 is 14.0 Å². The molecule has 0 atom stereocenters. The van der Waals surface area contributed by atoms with Crippen LogP contribution < -0.4 is 9.47 Å². The second-order valence-corrected chi connectivity index (χ2v) is 8.97. The summed E-state index contributed by atoms with van der Waals surface area (Å²) in [6.07, 6.45) is 0. The van der Waals surface area contributed by atoms with Crippen LogP contribution in [0.2, 0.25) is 0 Å². The first-order chi connectivity index (χ1) is 19.3. The number of ether oxygens (including phenoxy) is 2. The summed E-state index contributed by atoms with van der Waals surface area (Å²) in [5.74, 6) is 1.71. The molecule has 186 valence electrons. The van der Waals surface area contributed by atoms with Crippen LogP contribution in [0.3, 0.4) is 0 Å². The highest BCUT2D eigenvalue weighted by Gasteiger charge is 2.15. The van der Waals surface area contributed by atoms with Gasteiger partial charge in [-0.3, -0.25) is 0 Å². The molecule has 0 saturated heterocycles. The van der Waals surface area contributed by atoms with Gasteiger partial charge >= 0.3 is 12.0 Å². The van der Waals surface area contributed by atoms with Gasteiger partial charge in [-0.1, -0.05) is 72.8 Å². The fraction of sp³-hybridized carbons (Fsp3) is 0. The third-order valence-corrected chi connectivity index (χ3v) is 6.46. The van der Waals surface area contributed by atoms with Crippen LogP contribution in [0.15, 0.2) is 133 Å². The average Bonchev–Trinajstić information content (AvgIpc) is 3.33. The van der Waals surface area contributed by atoms with Gasteiger partial charge in [-0.05, 0) is 60.7 Å². The Kier molecular flexibility index (Phi) is 5.68. The Morgan fingerprint density at radius 1 is 0.436 bits per heavy atom. The molecule has 0 aliphatic carbocycles. The molecule has 7 rings (SSSR count). The molecule has 6 heteroatoms. The summed E-state index contributed by atoms with van der Waals surface area (Å²) < 4.78 is 14.2. The number of fused-ring (bicyclic) bond motifs is 3. The van der Waals surface area contributed by atoms with Crippen molar-refractivity contribution in [2.24, 2.45) is 0 Å². The summed E-state index contributed by atoms with van der Waals surface area (Å²) in [6, 6.07) is 44.2. The minimum Gasteiger partial charge on any atom is -0.424 e. The molecule has 0 saturated carbocycles. The Balaban J connectivity index is 1.29. The van der Waals surface area contributed by atoms with Crippen molar-refractivity contribution in [2.75, 3.05) is 0 Å². The molecule has 7 aromatic rings. The van der Waals surface area contributed by atoms with E-state index in [0.29, 0.717) is 17.3 Å². The summed E-state index contributed by atoms with van der Waals surface area (Å²) in [6.45, 7) is 0. The number of benzene rings is 5. The first-order valence-electron chi connectivity index (χ1n) is 12.6. The van der Waals surface area contributed by atoms with Gasteiger partial charge in [0.25, 0.3) is 0 Å². The van der Waals surface area contributed by atoms with Crippen molar-refractivity contribution in [3.63, 3.8) is 0 Å². The fourth-order valence-electron chi connectivity index (χ4n) is 4.71. The monoisotopic (exact) mass is 506 g/mol. The van der Waals surface area contributed by atoms with E-state index in [9.17, 15) is 0 Å². The molecule has 6 nitrogen and oxygen atoms in total. The molecule has 0 N–H and O–H groups in total. The summed E-state index contributed by atoms with van der Waals surface area (Å²) in [5.41, 5.74) is 4.18. The van der Waals surface area contributed by atoms with E-state index in [4.69, 9.17) is 9.47 Å². The molecule has 0 amide bonds. The molecule has 0 fully saturated rings. The van der Waals surface area contributed by atoms with Crippen LogP contribution in [0.25, 0.3) is 38.9 Å². The molecule has 0 aliphatic rings. The highest BCUT2D eigenvalue weighted by atomic mass is 16.5. The van der Waals surface area contributed by atoms with E-state index in [1.165, 1.54) is 10.8 Å². The summed E-state index contributed by atoms with van der Waals surface area (Å²) in [7, 11) is 0. The van der Waals surface area contributed by atoms with E-state index < -0.39 is 0 Å². The molecule has 5 aromatic carbocycles. The van der Waals surface area contributed by atoms with Gasteiger partial charge in [0.15, 0.2) is 5.82 Å². The van der Waals surface area contributed by atoms with Crippen LogP contribution in [-0.4, -0.2) is 19.5 Å². The van der Waals surface area contributed by atoms with Gasteiger partial charge in [0.1, 0.15) is 11.5 Å². The van der Waals surface area contributed by atoms with Crippen LogP contribution in [0, 0.1) is 0 Å². The van der Waals surface area contributed by atoms with Crippen molar-refractivity contribution >= 4 is 21.8 Å². The Bertz CT molecular complexity index is 1790.